The summed E-state index contributed by atoms with van der Waals surface area (Å²) in [6.07, 6.45) is 6.42. The van der Waals surface area contributed by atoms with Crippen LogP contribution in [0.2, 0.25) is 5.02 Å². The molecule has 1 atom stereocenters. The number of aromatic nitrogens is 3. The topological polar surface area (TPSA) is 100 Å². The van der Waals surface area contributed by atoms with Gasteiger partial charge < -0.3 is 15.5 Å². The molecule has 0 saturated carbocycles. The van der Waals surface area contributed by atoms with Gasteiger partial charge in [0.15, 0.2) is 0 Å². The van der Waals surface area contributed by atoms with Crippen LogP contribution in [-0.4, -0.2) is 44.8 Å². The Labute approximate surface area is 218 Å². The highest BCUT2D eigenvalue weighted by Gasteiger charge is 2.28. The normalized spacial score (nSPS) is 16.4. The molecule has 0 spiro atoms. The van der Waals surface area contributed by atoms with Crippen LogP contribution in [0.5, 0.6) is 0 Å². The third kappa shape index (κ3) is 4.75. The monoisotopic (exact) mass is 510 g/mol. The van der Waals surface area contributed by atoms with Crippen molar-refractivity contribution in [2.45, 2.75) is 18.8 Å². The molecule has 2 N–H and O–H groups in total. The summed E-state index contributed by atoms with van der Waals surface area (Å²) in [6.45, 7) is 1.42. The highest BCUT2D eigenvalue weighted by atomic mass is 35.5. The smallest absolute Gasteiger partial charge is 0.253 e. The summed E-state index contributed by atoms with van der Waals surface area (Å²) >= 11 is 6.13. The molecule has 4 aromatic rings. The molecular weight excluding hydrogens is 488 g/mol. The van der Waals surface area contributed by atoms with E-state index in [1.165, 1.54) is 5.56 Å². The number of halogens is 1. The number of hydrogen-bond donors (Lipinski definition) is 2. The lowest BCUT2D eigenvalue weighted by Gasteiger charge is -2.17. The molecule has 0 bridgehead atoms. The molecule has 184 valence electrons. The number of likely N-dealkylation sites (tertiary alicyclic amines) is 1. The zero-order valence-electron chi connectivity index (χ0n) is 19.8. The quantitative estimate of drug-likeness (QED) is 0.398. The average Bonchev–Trinajstić information content (AvgIpc) is 3.36. The molecule has 0 radical (unpaired) electrons. The highest BCUT2D eigenvalue weighted by molar-refractivity contribution is 6.31. The van der Waals surface area contributed by atoms with E-state index < -0.39 is 0 Å². The van der Waals surface area contributed by atoms with E-state index in [0.717, 1.165) is 29.8 Å². The van der Waals surface area contributed by atoms with E-state index in [1.807, 2.05) is 47.5 Å². The van der Waals surface area contributed by atoms with Gasteiger partial charge in [-0.25, -0.2) is 9.97 Å². The molecule has 1 fully saturated rings. The molecule has 1 saturated heterocycles. The molecule has 2 aliphatic rings. The van der Waals surface area contributed by atoms with E-state index in [1.54, 1.807) is 24.5 Å². The van der Waals surface area contributed by atoms with Gasteiger partial charge in [0.05, 0.1) is 17.8 Å². The Hall–Kier alpha value is -4.30. The van der Waals surface area contributed by atoms with Gasteiger partial charge in [-0.05, 0) is 60.5 Å². The number of pyridine rings is 1. The summed E-state index contributed by atoms with van der Waals surface area (Å²) in [5, 5.41) is 6.62. The van der Waals surface area contributed by atoms with Crippen molar-refractivity contribution in [1.82, 2.24) is 19.9 Å². The molecule has 1 unspecified atom stereocenters. The maximum absolute atomic E-state index is 13.1. The molecule has 2 aromatic carbocycles. The number of carbonyl (C=O) groups is 2. The van der Waals surface area contributed by atoms with Crippen molar-refractivity contribution in [3.05, 3.63) is 94.9 Å². The molecule has 4 heterocycles. The first-order valence-corrected chi connectivity index (χ1v) is 12.4. The van der Waals surface area contributed by atoms with Crippen LogP contribution in [0.1, 0.15) is 33.8 Å². The minimum Gasteiger partial charge on any atom is -0.338 e. The van der Waals surface area contributed by atoms with E-state index in [-0.39, 0.29) is 18.2 Å². The Bertz CT molecular complexity index is 1490. The largest absolute Gasteiger partial charge is 0.338 e. The fourth-order valence-electron chi connectivity index (χ4n) is 4.87. The Kier molecular flexibility index (Phi) is 6.02. The molecule has 6 rings (SSSR count). The number of hydrogen-bond acceptors (Lipinski definition) is 6. The SMILES string of the molecule is O=C1Cc2cnc(Nc3ccc(C(=O)N4CCC(c5cccnc5)C4)cc3)nc2-c2ccc(Cl)cc2N1. The Morgan fingerprint density at radius 1 is 1.11 bits per heavy atom. The van der Waals surface area contributed by atoms with Gasteiger partial charge in [-0.15, -0.1) is 0 Å². The standard InChI is InChI=1S/C28H23ClN6O2/c29-21-5-8-23-24(13-21)33-25(36)12-20-15-31-28(34-26(20)23)32-22-6-3-17(4-7-22)27(37)35-11-9-19(16-35)18-2-1-10-30-14-18/h1-8,10,13-15,19H,9,11-12,16H2,(H,33,36)(H,31,32,34). The maximum Gasteiger partial charge on any atom is 0.253 e. The van der Waals surface area contributed by atoms with Gasteiger partial charge in [0.25, 0.3) is 5.91 Å². The summed E-state index contributed by atoms with van der Waals surface area (Å²) in [5.41, 5.74) is 5.37. The predicted octanol–water partition coefficient (Wildman–Crippen LogP) is 5.06. The Morgan fingerprint density at radius 3 is 2.78 bits per heavy atom. The number of benzene rings is 2. The number of nitrogens with one attached hydrogen (secondary N) is 2. The summed E-state index contributed by atoms with van der Waals surface area (Å²) in [4.78, 5) is 40.6. The summed E-state index contributed by atoms with van der Waals surface area (Å²) in [7, 11) is 0. The van der Waals surface area contributed by atoms with Crippen LogP contribution in [-0.2, 0) is 11.2 Å². The Morgan fingerprint density at radius 2 is 1.97 bits per heavy atom. The molecule has 2 aromatic heterocycles. The zero-order chi connectivity index (χ0) is 25.4. The lowest BCUT2D eigenvalue weighted by Crippen LogP contribution is -2.28. The van der Waals surface area contributed by atoms with Crippen LogP contribution in [0.4, 0.5) is 17.3 Å². The Balaban J connectivity index is 1.18. The second-order valence-electron chi connectivity index (χ2n) is 9.21. The van der Waals surface area contributed by atoms with Gasteiger partial charge in [0.1, 0.15) is 0 Å². The van der Waals surface area contributed by atoms with Crippen molar-refractivity contribution >= 4 is 40.7 Å². The van der Waals surface area contributed by atoms with E-state index in [4.69, 9.17) is 16.6 Å². The van der Waals surface area contributed by atoms with Gasteiger partial charge in [0, 0.05) is 65.0 Å². The third-order valence-electron chi connectivity index (χ3n) is 6.75. The van der Waals surface area contributed by atoms with Crippen LogP contribution < -0.4 is 10.6 Å². The second kappa shape index (κ2) is 9.63. The molecular formula is C28H23ClN6O2. The summed E-state index contributed by atoms with van der Waals surface area (Å²) < 4.78 is 0. The summed E-state index contributed by atoms with van der Waals surface area (Å²) in [6, 6.07) is 16.6. The van der Waals surface area contributed by atoms with Gasteiger partial charge in [0.2, 0.25) is 11.9 Å². The van der Waals surface area contributed by atoms with E-state index in [2.05, 4.69) is 26.7 Å². The fourth-order valence-corrected chi connectivity index (χ4v) is 5.04. The van der Waals surface area contributed by atoms with Crippen molar-refractivity contribution < 1.29 is 9.59 Å². The molecule has 2 aliphatic heterocycles. The van der Waals surface area contributed by atoms with Crippen molar-refractivity contribution in [1.29, 1.82) is 0 Å². The fraction of sp³-hybridized carbons (Fsp3) is 0.179. The molecule has 8 nitrogen and oxygen atoms in total. The van der Waals surface area contributed by atoms with Crippen LogP contribution in [0.3, 0.4) is 0 Å². The molecule has 37 heavy (non-hydrogen) atoms. The summed E-state index contributed by atoms with van der Waals surface area (Å²) in [5.74, 6) is 0.589. The molecule has 2 amide bonds. The van der Waals surface area contributed by atoms with E-state index in [9.17, 15) is 9.59 Å². The van der Waals surface area contributed by atoms with Crippen LogP contribution >= 0.6 is 11.6 Å². The highest BCUT2D eigenvalue weighted by Crippen LogP contribution is 2.35. The van der Waals surface area contributed by atoms with Crippen LogP contribution in [0.25, 0.3) is 11.3 Å². The van der Waals surface area contributed by atoms with Gasteiger partial charge in [-0.1, -0.05) is 17.7 Å². The van der Waals surface area contributed by atoms with Crippen LogP contribution in [0, 0.1) is 0 Å². The second-order valence-corrected chi connectivity index (χ2v) is 9.64. The van der Waals surface area contributed by atoms with Crippen molar-refractivity contribution in [3.63, 3.8) is 0 Å². The van der Waals surface area contributed by atoms with Gasteiger partial charge >= 0.3 is 0 Å². The predicted molar refractivity (Wildman–Crippen MR) is 142 cm³/mol. The van der Waals surface area contributed by atoms with Gasteiger partial charge in [-0.3, -0.25) is 14.6 Å². The number of amides is 2. The van der Waals surface area contributed by atoms with E-state index in [0.29, 0.717) is 40.4 Å². The lowest BCUT2D eigenvalue weighted by atomic mass is 10.0. The minimum atomic E-state index is -0.142. The number of carbonyl (C=O) groups excluding carboxylic acids is 2. The first-order valence-electron chi connectivity index (χ1n) is 12.1. The molecule has 0 aliphatic carbocycles. The van der Waals surface area contributed by atoms with Crippen LogP contribution in [0.15, 0.2) is 73.2 Å². The van der Waals surface area contributed by atoms with Crippen molar-refractivity contribution in [2.24, 2.45) is 0 Å². The number of anilines is 3. The van der Waals surface area contributed by atoms with Crippen molar-refractivity contribution in [2.75, 3.05) is 23.7 Å². The zero-order valence-corrected chi connectivity index (χ0v) is 20.6. The number of fused-ring (bicyclic) bond motifs is 3. The minimum absolute atomic E-state index is 0.0201. The van der Waals surface area contributed by atoms with E-state index >= 15 is 0 Å². The first-order chi connectivity index (χ1) is 18.0. The average molecular weight is 511 g/mol. The van der Waals surface area contributed by atoms with Crippen molar-refractivity contribution in [3.8, 4) is 11.3 Å². The lowest BCUT2D eigenvalue weighted by molar-refractivity contribution is -0.115. The number of nitrogens with zero attached hydrogens (tertiary/aromatic N) is 4. The maximum atomic E-state index is 13.1. The molecule has 9 heteroatoms. The third-order valence-corrected chi connectivity index (χ3v) is 6.98. The number of rotatable bonds is 4. The first kappa shape index (κ1) is 23.1. The van der Waals surface area contributed by atoms with Gasteiger partial charge in [-0.2, -0.15) is 0 Å².